The molecule has 2 aliphatic rings. The van der Waals surface area contributed by atoms with E-state index in [9.17, 15) is 9.18 Å². The number of hydrogen-bond acceptors (Lipinski definition) is 4. The Morgan fingerprint density at radius 2 is 2.00 bits per heavy atom. The maximum atomic E-state index is 13.7. The van der Waals surface area contributed by atoms with Gasteiger partial charge in [-0.25, -0.2) is 9.18 Å². The maximum absolute atomic E-state index is 13.7. The number of nitrogens with one attached hydrogen (secondary N) is 1. The first-order valence-electron chi connectivity index (χ1n) is 9.93. The Morgan fingerprint density at radius 3 is 2.78 bits per heavy atom. The molecule has 27 heavy (non-hydrogen) atoms. The van der Waals surface area contributed by atoms with Gasteiger partial charge in [0.2, 0.25) is 0 Å². The van der Waals surface area contributed by atoms with Crippen molar-refractivity contribution in [1.29, 1.82) is 0 Å². The van der Waals surface area contributed by atoms with Gasteiger partial charge >= 0.3 is 6.03 Å². The van der Waals surface area contributed by atoms with E-state index in [1.54, 1.807) is 18.2 Å². The van der Waals surface area contributed by atoms with E-state index in [1.807, 2.05) is 4.90 Å². The quantitative estimate of drug-likeness (QED) is 0.821. The molecule has 1 N–H and O–H groups in total. The van der Waals surface area contributed by atoms with Crippen LogP contribution in [0.2, 0.25) is 0 Å². The van der Waals surface area contributed by atoms with Gasteiger partial charge in [-0.3, -0.25) is 4.90 Å². The summed E-state index contributed by atoms with van der Waals surface area (Å²) in [6.07, 6.45) is 1.96. The minimum Gasteiger partial charge on any atom is -0.490 e. The highest BCUT2D eigenvalue weighted by Crippen LogP contribution is 2.20. The van der Waals surface area contributed by atoms with Gasteiger partial charge in [0, 0.05) is 58.3 Å². The van der Waals surface area contributed by atoms with Gasteiger partial charge in [0.25, 0.3) is 0 Å². The maximum Gasteiger partial charge on any atom is 0.317 e. The third-order valence-corrected chi connectivity index (χ3v) is 5.42. The lowest BCUT2D eigenvalue weighted by Crippen LogP contribution is -2.50. The van der Waals surface area contributed by atoms with Crippen LogP contribution >= 0.6 is 0 Å². The minimum atomic E-state index is -0.341. The van der Waals surface area contributed by atoms with Crippen LogP contribution in [-0.2, 0) is 0 Å². The van der Waals surface area contributed by atoms with Crippen LogP contribution in [-0.4, -0.2) is 86.7 Å². The first-order chi connectivity index (χ1) is 13.1. The van der Waals surface area contributed by atoms with E-state index >= 15 is 0 Å². The molecule has 0 saturated carbocycles. The number of urea groups is 1. The van der Waals surface area contributed by atoms with Crippen LogP contribution in [0.4, 0.5) is 9.18 Å². The van der Waals surface area contributed by atoms with Crippen molar-refractivity contribution in [2.45, 2.75) is 12.8 Å². The fraction of sp³-hybridized carbons (Fsp3) is 0.650. The van der Waals surface area contributed by atoms with Crippen molar-refractivity contribution in [3.63, 3.8) is 0 Å². The van der Waals surface area contributed by atoms with Crippen LogP contribution in [0.3, 0.4) is 0 Å². The fourth-order valence-electron chi connectivity index (χ4n) is 3.66. The van der Waals surface area contributed by atoms with Crippen molar-refractivity contribution in [2.24, 2.45) is 5.92 Å². The van der Waals surface area contributed by atoms with Crippen molar-refractivity contribution in [1.82, 2.24) is 20.0 Å². The predicted molar refractivity (Wildman–Crippen MR) is 104 cm³/mol. The largest absolute Gasteiger partial charge is 0.490 e. The first kappa shape index (κ1) is 19.9. The number of para-hydroxylation sites is 1. The van der Waals surface area contributed by atoms with Gasteiger partial charge in [-0.05, 0) is 32.0 Å². The van der Waals surface area contributed by atoms with Crippen LogP contribution in [0, 0.1) is 11.7 Å². The highest BCUT2D eigenvalue weighted by atomic mass is 19.1. The van der Waals surface area contributed by atoms with Crippen molar-refractivity contribution >= 4 is 6.03 Å². The molecular weight excluding hydrogens is 347 g/mol. The summed E-state index contributed by atoms with van der Waals surface area (Å²) >= 11 is 0. The fourth-order valence-corrected chi connectivity index (χ4v) is 3.66. The van der Waals surface area contributed by atoms with Gasteiger partial charge in [0.05, 0.1) is 6.61 Å². The molecule has 0 radical (unpaired) electrons. The number of benzene rings is 1. The molecule has 2 amide bonds. The number of nitrogens with zero attached hydrogens (tertiary/aromatic N) is 3. The Labute approximate surface area is 161 Å². The van der Waals surface area contributed by atoms with Gasteiger partial charge < -0.3 is 19.9 Å². The number of carbonyl (C=O) groups excluding carboxylic acids is 1. The van der Waals surface area contributed by atoms with Gasteiger partial charge in [0.15, 0.2) is 11.6 Å². The second-order valence-electron chi connectivity index (χ2n) is 7.57. The molecule has 0 spiro atoms. The number of likely N-dealkylation sites (tertiary alicyclic amines) is 1. The molecule has 2 aliphatic heterocycles. The Balaban J connectivity index is 1.37. The third kappa shape index (κ3) is 6.07. The number of likely N-dealkylation sites (N-methyl/N-ethyl adjacent to an activating group) is 1. The molecule has 0 aliphatic carbocycles. The SMILES string of the molecule is CN1CCN(CCNC(=O)N2CCCC(COc3ccccc3F)C2)CC1. The van der Waals surface area contributed by atoms with Gasteiger partial charge in [-0.15, -0.1) is 0 Å². The summed E-state index contributed by atoms with van der Waals surface area (Å²) in [5.41, 5.74) is 0. The number of hydrogen-bond donors (Lipinski definition) is 1. The van der Waals surface area contributed by atoms with E-state index in [2.05, 4.69) is 22.2 Å². The second-order valence-corrected chi connectivity index (χ2v) is 7.57. The van der Waals surface area contributed by atoms with Crippen molar-refractivity contribution in [3.05, 3.63) is 30.1 Å². The van der Waals surface area contributed by atoms with E-state index in [1.165, 1.54) is 6.07 Å². The van der Waals surface area contributed by atoms with Crippen LogP contribution < -0.4 is 10.1 Å². The number of rotatable bonds is 6. The molecule has 2 heterocycles. The standard InChI is InChI=1S/C20H31FN4O2/c1-23-11-13-24(14-12-23)10-8-22-20(26)25-9-4-5-17(15-25)16-27-19-7-3-2-6-18(19)21/h2-3,6-7,17H,4-5,8-16H2,1H3,(H,22,26). The lowest BCUT2D eigenvalue weighted by atomic mass is 9.99. The van der Waals surface area contributed by atoms with E-state index in [0.29, 0.717) is 19.7 Å². The summed E-state index contributed by atoms with van der Waals surface area (Å²) in [5.74, 6) is 0.180. The summed E-state index contributed by atoms with van der Waals surface area (Å²) in [4.78, 5) is 19.0. The minimum absolute atomic E-state index is 0.000260. The number of amides is 2. The smallest absolute Gasteiger partial charge is 0.317 e. The highest BCUT2D eigenvalue weighted by molar-refractivity contribution is 5.74. The Hall–Kier alpha value is -1.86. The molecule has 6 nitrogen and oxygen atoms in total. The lowest BCUT2D eigenvalue weighted by Gasteiger charge is -2.34. The van der Waals surface area contributed by atoms with E-state index < -0.39 is 0 Å². The molecule has 1 aromatic carbocycles. The Kier molecular flexibility index (Phi) is 7.29. The molecule has 0 aromatic heterocycles. The summed E-state index contributed by atoms with van der Waals surface area (Å²) in [6.45, 7) is 7.74. The van der Waals surface area contributed by atoms with E-state index in [-0.39, 0.29) is 23.5 Å². The second kappa shape index (κ2) is 9.90. The van der Waals surface area contributed by atoms with Crippen LogP contribution in [0.25, 0.3) is 0 Å². The average molecular weight is 378 g/mol. The summed E-state index contributed by atoms with van der Waals surface area (Å²) in [5, 5.41) is 3.05. The zero-order valence-corrected chi connectivity index (χ0v) is 16.2. The third-order valence-electron chi connectivity index (χ3n) is 5.42. The molecule has 1 atom stereocenters. The zero-order chi connectivity index (χ0) is 19.1. The van der Waals surface area contributed by atoms with Crippen molar-refractivity contribution < 1.29 is 13.9 Å². The normalized spacial score (nSPS) is 21.9. The van der Waals surface area contributed by atoms with E-state index in [0.717, 1.165) is 52.1 Å². The molecule has 2 saturated heterocycles. The highest BCUT2D eigenvalue weighted by Gasteiger charge is 2.24. The molecule has 1 aromatic rings. The zero-order valence-electron chi connectivity index (χ0n) is 16.2. The molecule has 2 fully saturated rings. The number of carbonyl (C=O) groups is 1. The van der Waals surface area contributed by atoms with Crippen LogP contribution in [0.15, 0.2) is 24.3 Å². The summed E-state index contributed by atoms with van der Waals surface area (Å²) < 4.78 is 19.3. The molecule has 150 valence electrons. The van der Waals surface area contributed by atoms with Crippen molar-refractivity contribution in [2.75, 3.05) is 66.0 Å². The van der Waals surface area contributed by atoms with Gasteiger partial charge in [-0.1, -0.05) is 12.1 Å². The lowest BCUT2D eigenvalue weighted by molar-refractivity contribution is 0.132. The average Bonchev–Trinajstić information content (AvgIpc) is 2.69. The van der Waals surface area contributed by atoms with Gasteiger partial charge in [-0.2, -0.15) is 0 Å². The predicted octanol–water partition coefficient (Wildman–Crippen LogP) is 1.87. The van der Waals surface area contributed by atoms with Crippen LogP contribution in [0.5, 0.6) is 5.75 Å². The number of ether oxygens (including phenoxy) is 1. The van der Waals surface area contributed by atoms with Crippen LogP contribution in [0.1, 0.15) is 12.8 Å². The molecule has 3 rings (SSSR count). The number of halogens is 1. The Bertz CT molecular complexity index is 607. The van der Waals surface area contributed by atoms with Crippen molar-refractivity contribution in [3.8, 4) is 5.75 Å². The number of piperazine rings is 1. The Morgan fingerprint density at radius 1 is 1.22 bits per heavy atom. The molecule has 1 unspecified atom stereocenters. The number of piperidine rings is 1. The first-order valence-corrected chi connectivity index (χ1v) is 9.93. The van der Waals surface area contributed by atoms with E-state index in [4.69, 9.17) is 4.74 Å². The van der Waals surface area contributed by atoms with Gasteiger partial charge in [0.1, 0.15) is 0 Å². The molecule has 0 bridgehead atoms. The topological polar surface area (TPSA) is 48.0 Å². The summed E-state index contributed by atoms with van der Waals surface area (Å²) in [6, 6.07) is 6.45. The summed E-state index contributed by atoms with van der Waals surface area (Å²) in [7, 11) is 2.14. The monoisotopic (exact) mass is 378 g/mol. The molecular formula is C20H31FN4O2. The molecule has 7 heteroatoms.